The first-order chi connectivity index (χ1) is 12.1. The van der Waals surface area contributed by atoms with Gasteiger partial charge < -0.3 is 9.42 Å². The zero-order chi connectivity index (χ0) is 17.6. The summed E-state index contributed by atoms with van der Waals surface area (Å²) in [5.74, 6) is 0.831. The third-order valence-electron chi connectivity index (χ3n) is 3.85. The number of aryl methyl sites for hydroxylation is 1. The minimum atomic E-state index is 0.0290. The van der Waals surface area contributed by atoms with Gasteiger partial charge >= 0.3 is 0 Å². The monoisotopic (exact) mass is 355 g/mol. The molecule has 6 heteroatoms. The number of aromatic nitrogens is 2. The van der Waals surface area contributed by atoms with Gasteiger partial charge in [0.2, 0.25) is 17.6 Å². The Kier molecular flexibility index (Phi) is 5.46. The summed E-state index contributed by atoms with van der Waals surface area (Å²) >= 11 is 6.14. The minimum Gasteiger partial charge on any atom is -0.337 e. The molecule has 0 saturated carbocycles. The normalized spacial score (nSPS) is 10.6. The van der Waals surface area contributed by atoms with Gasteiger partial charge in [-0.3, -0.25) is 4.79 Å². The molecular formula is C19H18ClN3O2. The molecule has 0 aliphatic rings. The Morgan fingerprint density at radius 2 is 1.84 bits per heavy atom. The maximum atomic E-state index is 12.3. The Bertz CT molecular complexity index is 849. The van der Waals surface area contributed by atoms with E-state index in [2.05, 4.69) is 10.1 Å². The van der Waals surface area contributed by atoms with E-state index < -0.39 is 0 Å². The van der Waals surface area contributed by atoms with Crippen molar-refractivity contribution in [2.24, 2.45) is 0 Å². The van der Waals surface area contributed by atoms with Gasteiger partial charge in [0.05, 0.1) is 11.6 Å². The summed E-state index contributed by atoms with van der Waals surface area (Å²) in [6, 6.07) is 17.2. The Balaban J connectivity index is 1.59. The predicted molar refractivity (Wildman–Crippen MR) is 96.0 cm³/mol. The molecule has 1 aromatic heterocycles. The fraction of sp³-hybridized carbons (Fsp3) is 0.211. The largest absolute Gasteiger partial charge is 0.337 e. The molecule has 0 fully saturated rings. The molecule has 0 bridgehead atoms. The quantitative estimate of drug-likeness (QED) is 0.671. The van der Waals surface area contributed by atoms with Gasteiger partial charge in [0, 0.05) is 19.0 Å². The average molecular weight is 356 g/mol. The molecular weight excluding hydrogens is 338 g/mol. The third-order valence-corrected chi connectivity index (χ3v) is 4.18. The van der Waals surface area contributed by atoms with Crippen LogP contribution in [0.1, 0.15) is 17.9 Å². The van der Waals surface area contributed by atoms with Crippen LogP contribution < -0.4 is 0 Å². The van der Waals surface area contributed by atoms with Crippen molar-refractivity contribution < 1.29 is 9.32 Å². The molecule has 0 unspecified atom stereocenters. The summed E-state index contributed by atoms with van der Waals surface area (Å²) in [5, 5.41) is 4.50. The molecule has 2 aromatic carbocycles. The smallest absolute Gasteiger partial charge is 0.246 e. The van der Waals surface area contributed by atoms with Gasteiger partial charge in [-0.25, -0.2) is 0 Å². The Labute approximate surface area is 151 Å². The lowest BCUT2D eigenvalue weighted by Gasteiger charge is -2.14. The number of hydrogen-bond donors (Lipinski definition) is 0. The van der Waals surface area contributed by atoms with Crippen LogP contribution in [0.3, 0.4) is 0 Å². The number of halogens is 1. The topological polar surface area (TPSA) is 59.2 Å². The molecule has 3 aromatic rings. The number of hydrogen-bond acceptors (Lipinski definition) is 4. The van der Waals surface area contributed by atoms with Crippen molar-refractivity contribution in [3.63, 3.8) is 0 Å². The number of carbonyl (C=O) groups is 1. The van der Waals surface area contributed by atoms with E-state index >= 15 is 0 Å². The van der Waals surface area contributed by atoms with Crippen molar-refractivity contribution in [3.8, 4) is 11.4 Å². The highest BCUT2D eigenvalue weighted by Gasteiger charge is 2.15. The fourth-order valence-electron chi connectivity index (χ4n) is 2.45. The molecule has 0 N–H and O–H groups in total. The molecule has 0 atom stereocenters. The van der Waals surface area contributed by atoms with E-state index in [4.69, 9.17) is 16.1 Å². The molecule has 0 radical (unpaired) electrons. The van der Waals surface area contributed by atoms with Crippen molar-refractivity contribution in [1.82, 2.24) is 15.0 Å². The average Bonchev–Trinajstić information content (AvgIpc) is 3.09. The van der Waals surface area contributed by atoms with E-state index in [1.54, 1.807) is 18.0 Å². The first-order valence-electron chi connectivity index (χ1n) is 7.99. The maximum absolute atomic E-state index is 12.3. The Morgan fingerprint density at radius 1 is 1.12 bits per heavy atom. The highest BCUT2D eigenvalue weighted by atomic mass is 35.5. The van der Waals surface area contributed by atoms with E-state index in [9.17, 15) is 4.79 Å². The molecule has 5 nitrogen and oxygen atoms in total. The number of nitrogens with zero attached hydrogens (tertiary/aromatic N) is 3. The molecule has 0 saturated heterocycles. The lowest BCUT2D eigenvalue weighted by atomic mass is 10.1. The zero-order valence-corrected chi connectivity index (χ0v) is 14.6. The number of rotatable bonds is 6. The summed E-state index contributed by atoms with van der Waals surface area (Å²) in [7, 11) is 1.73. The highest BCUT2D eigenvalue weighted by Crippen LogP contribution is 2.25. The summed E-state index contributed by atoms with van der Waals surface area (Å²) in [4.78, 5) is 18.2. The van der Waals surface area contributed by atoms with Crippen LogP contribution in [0, 0.1) is 0 Å². The molecule has 25 heavy (non-hydrogen) atoms. The van der Waals surface area contributed by atoms with Crippen molar-refractivity contribution >= 4 is 17.5 Å². The molecule has 0 aliphatic heterocycles. The van der Waals surface area contributed by atoms with Gasteiger partial charge in [0.15, 0.2) is 0 Å². The summed E-state index contributed by atoms with van der Waals surface area (Å²) in [5.41, 5.74) is 1.85. The number of carbonyl (C=O) groups excluding carboxylic acids is 1. The SMILES string of the molecule is CN(Cc1nc(-c2ccccc2Cl)no1)C(=O)CCc1ccccc1. The summed E-state index contributed by atoms with van der Waals surface area (Å²) in [6.45, 7) is 0.269. The van der Waals surface area contributed by atoms with Crippen molar-refractivity contribution in [3.05, 3.63) is 71.1 Å². The van der Waals surface area contributed by atoms with Gasteiger partial charge in [-0.1, -0.05) is 59.2 Å². The van der Waals surface area contributed by atoms with Crippen LogP contribution in [-0.2, 0) is 17.8 Å². The second-order valence-electron chi connectivity index (χ2n) is 5.73. The molecule has 0 aliphatic carbocycles. The van der Waals surface area contributed by atoms with Crippen molar-refractivity contribution in [2.45, 2.75) is 19.4 Å². The fourth-order valence-corrected chi connectivity index (χ4v) is 2.67. The third kappa shape index (κ3) is 4.45. The molecule has 0 spiro atoms. The number of benzene rings is 2. The molecule has 1 amide bonds. The standard InChI is InChI=1S/C19H18ClN3O2/c1-23(18(24)12-11-14-7-3-2-4-8-14)13-17-21-19(22-25-17)15-9-5-6-10-16(15)20/h2-10H,11-13H2,1H3. The Morgan fingerprint density at radius 3 is 2.60 bits per heavy atom. The lowest BCUT2D eigenvalue weighted by Crippen LogP contribution is -2.26. The van der Waals surface area contributed by atoms with Crippen LogP contribution in [0.15, 0.2) is 59.1 Å². The minimum absolute atomic E-state index is 0.0290. The second kappa shape index (κ2) is 7.94. The maximum Gasteiger partial charge on any atom is 0.246 e. The van der Waals surface area contributed by atoms with E-state index in [0.29, 0.717) is 35.1 Å². The van der Waals surface area contributed by atoms with Gasteiger partial charge in [-0.2, -0.15) is 4.98 Å². The van der Waals surface area contributed by atoms with Crippen LogP contribution in [-0.4, -0.2) is 28.0 Å². The van der Waals surface area contributed by atoms with Crippen LogP contribution >= 0.6 is 11.6 Å². The van der Waals surface area contributed by atoms with E-state index in [-0.39, 0.29) is 12.5 Å². The van der Waals surface area contributed by atoms with Crippen LogP contribution in [0.25, 0.3) is 11.4 Å². The highest BCUT2D eigenvalue weighted by molar-refractivity contribution is 6.33. The molecule has 128 valence electrons. The lowest BCUT2D eigenvalue weighted by molar-refractivity contribution is -0.130. The van der Waals surface area contributed by atoms with Crippen LogP contribution in [0.4, 0.5) is 0 Å². The zero-order valence-electron chi connectivity index (χ0n) is 13.9. The first-order valence-corrected chi connectivity index (χ1v) is 8.36. The van der Waals surface area contributed by atoms with Crippen LogP contribution in [0.5, 0.6) is 0 Å². The van der Waals surface area contributed by atoms with E-state index in [0.717, 1.165) is 5.56 Å². The van der Waals surface area contributed by atoms with Crippen molar-refractivity contribution in [1.29, 1.82) is 0 Å². The first kappa shape index (κ1) is 17.2. The van der Waals surface area contributed by atoms with Gasteiger partial charge in [0.25, 0.3) is 0 Å². The number of amides is 1. The van der Waals surface area contributed by atoms with Gasteiger partial charge in [0.1, 0.15) is 0 Å². The predicted octanol–water partition coefficient (Wildman–Crippen LogP) is 3.98. The van der Waals surface area contributed by atoms with Crippen molar-refractivity contribution in [2.75, 3.05) is 7.05 Å². The molecule has 1 heterocycles. The van der Waals surface area contributed by atoms with E-state index in [1.165, 1.54) is 0 Å². The second-order valence-corrected chi connectivity index (χ2v) is 6.13. The van der Waals surface area contributed by atoms with E-state index in [1.807, 2.05) is 48.5 Å². The summed E-state index contributed by atoms with van der Waals surface area (Å²) in [6.07, 6.45) is 1.14. The molecule has 3 rings (SSSR count). The Hall–Kier alpha value is -2.66. The van der Waals surface area contributed by atoms with Crippen LogP contribution in [0.2, 0.25) is 5.02 Å². The summed E-state index contributed by atoms with van der Waals surface area (Å²) < 4.78 is 5.24. The van der Waals surface area contributed by atoms with Gasteiger partial charge in [-0.05, 0) is 24.1 Å². The van der Waals surface area contributed by atoms with Gasteiger partial charge in [-0.15, -0.1) is 0 Å².